The van der Waals surface area contributed by atoms with Crippen LogP contribution in [0.15, 0.2) is 24.3 Å². The number of benzene rings is 1. The van der Waals surface area contributed by atoms with Crippen molar-refractivity contribution < 1.29 is 19.3 Å². The molecular formula is C15H20FNO3. The summed E-state index contributed by atoms with van der Waals surface area (Å²) in [6.45, 7) is 2.40. The first-order valence-corrected chi connectivity index (χ1v) is 6.98. The highest BCUT2D eigenvalue weighted by Crippen LogP contribution is 2.37. The maximum atomic E-state index is 13.4. The number of aliphatic hydroxyl groups is 2. The van der Waals surface area contributed by atoms with Gasteiger partial charge in [-0.25, -0.2) is 4.39 Å². The molecule has 0 aromatic heterocycles. The normalized spacial score (nSPS) is 29.4. The van der Waals surface area contributed by atoms with Crippen molar-refractivity contribution in [2.24, 2.45) is 5.41 Å². The average molecular weight is 281 g/mol. The minimum Gasteiger partial charge on any atom is -0.396 e. The van der Waals surface area contributed by atoms with E-state index in [1.54, 1.807) is 6.07 Å². The molecule has 0 radical (unpaired) electrons. The van der Waals surface area contributed by atoms with Gasteiger partial charge in [-0.05, 0) is 24.1 Å². The molecule has 0 amide bonds. The Morgan fingerprint density at radius 2 is 2.20 bits per heavy atom. The molecule has 1 aromatic rings. The van der Waals surface area contributed by atoms with E-state index in [0.717, 1.165) is 5.56 Å². The van der Waals surface area contributed by atoms with Crippen molar-refractivity contribution in [2.75, 3.05) is 32.9 Å². The lowest BCUT2D eigenvalue weighted by Crippen LogP contribution is -2.53. The first-order chi connectivity index (χ1) is 9.62. The number of hydrogen-bond acceptors (Lipinski definition) is 4. The minimum absolute atomic E-state index is 0.00438. The van der Waals surface area contributed by atoms with Crippen molar-refractivity contribution in [3.8, 4) is 0 Å². The topological polar surface area (TPSA) is 52.9 Å². The summed E-state index contributed by atoms with van der Waals surface area (Å²) in [5.74, 6) is -0.257. The van der Waals surface area contributed by atoms with Gasteiger partial charge >= 0.3 is 0 Å². The van der Waals surface area contributed by atoms with E-state index in [1.807, 2.05) is 6.07 Å². The molecule has 2 aliphatic heterocycles. The van der Waals surface area contributed by atoms with Crippen molar-refractivity contribution in [3.05, 3.63) is 35.6 Å². The number of ether oxygens (including phenoxy) is 1. The molecule has 2 atom stereocenters. The van der Waals surface area contributed by atoms with Crippen molar-refractivity contribution in [2.45, 2.75) is 18.6 Å². The van der Waals surface area contributed by atoms with Crippen molar-refractivity contribution in [1.29, 1.82) is 0 Å². The zero-order chi connectivity index (χ0) is 14.2. The van der Waals surface area contributed by atoms with Gasteiger partial charge in [-0.3, -0.25) is 4.90 Å². The predicted molar refractivity (Wildman–Crippen MR) is 71.7 cm³/mol. The second-order valence-electron chi connectivity index (χ2n) is 6.04. The molecule has 0 spiro atoms. The van der Waals surface area contributed by atoms with Crippen molar-refractivity contribution in [3.63, 3.8) is 0 Å². The van der Waals surface area contributed by atoms with Gasteiger partial charge in [-0.15, -0.1) is 0 Å². The molecule has 20 heavy (non-hydrogen) atoms. The molecule has 4 nitrogen and oxygen atoms in total. The van der Waals surface area contributed by atoms with E-state index in [1.165, 1.54) is 12.1 Å². The highest BCUT2D eigenvalue weighted by molar-refractivity contribution is 5.22. The van der Waals surface area contributed by atoms with Crippen LogP contribution in [0.2, 0.25) is 0 Å². The molecule has 110 valence electrons. The van der Waals surface area contributed by atoms with Gasteiger partial charge in [0, 0.05) is 19.1 Å². The summed E-state index contributed by atoms with van der Waals surface area (Å²) in [5.41, 5.74) is 0.658. The van der Waals surface area contributed by atoms with E-state index in [0.29, 0.717) is 32.7 Å². The largest absolute Gasteiger partial charge is 0.396 e. The fourth-order valence-electron chi connectivity index (χ4n) is 3.17. The predicted octanol–water partition coefficient (Wildman–Crippen LogP) is 0.942. The molecule has 2 fully saturated rings. The third-order valence-electron chi connectivity index (χ3n) is 4.31. The SMILES string of the molecule is OCC1(CN2C[C@H](O)C[C@@H]2c2cccc(F)c2)COC1. The van der Waals surface area contributed by atoms with E-state index in [2.05, 4.69) is 4.90 Å². The third kappa shape index (κ3) is 2.59. The zero-order valence-corrected chi connectivity index (χ0v) is 11.3. The maximum Gasteiger partial charge on any atom is 0.123 e. The quantitative estimate of drug-likeness (QED) is 0.862. The van der Waals surface area contributed by atoms with Gasteiger partial charge in [0.2, 0.25) is 0 Å². The van der Waals surface area contributed by atoms with Gasteiger partial charge in [-0.1, -0.05) is 12.1 Å². The van der Waals surface area contributed by atoms with Crippen molar-refractivity contribution in [1.82, 2.24) is 4.90 Å². The van der Waals surface area contributed by atoms with Crippen LogP contribution in [0, 0.1) is 11.2 Å². The Labute approximate surface area is 117 Å². The van der Waals surface area contributed by atoms with Gasteiger partial charge in [-0.2, -0.15) is 0 Å². The van der Waals surface area contributed by atoms with E-state index >= 15 is 0 Å². The summed E-state index contributed by atoms with van der Waals surface area (Å²) in [4.78, 5) is 2.14. The average Bonchev–Trinajstić information content (AvgIpc) is 2.75. The summed E-state index contributed by atoms with van der Waals surface area (Å²) in [5, 5.41) is 19.5. The van der Waals surface area contributed by atoms with E-state index in [4.69, 9.17) is 4.74 Å². The minimum atomic E-state index is -0.403. The molecular weight excluding hydrogens is 261 g/mol. The highest BCUT2D eigenvalue weighted by Gasteiger charge is 2.43. The lowest BCUT2D eigenvalue weighted by molar-refractivity contribution is -0.150. The molecule has 3 rings (SSSR count). The summed E-state index contributed by atoms with van der Waals surface area (Å²) in [6, 6.07) is 6.54. The van der Waals surface area contributed by atoms with Gasteiger partial charge in [0.15, 0.2) is 0 Å². The van der Waals surface area contributed by atoms with Crippen LogP contribution < -0.4 is 0 Å². The molecule has 1 aromatic carbocycles. The third-order valence-corrected chi connectivity index (χ3v) is 4.31. The Morgan fingerprint density at radius 3 is 2.80 bits per heavy atom. The molecule has 2 saturated heterocycles. The molecule has 2 heterocycles. The van der Waals surface area contributed by atoms with E-state index in [9.17, 15) is 14.6 Å². The van der Waals surface area contributed by atoms with Gasteiger partial charge in [0.05, 0.1) is 31.3 Å². The van der Waals surface area contributed by atoms with Crippen LogP contribution in [0.5, 0.6) is 0 Å². The Balaban J connectivity index is 1.78. The smallest absolute Gasteiger partial charge is 0.123 e. The van der Waals surface area contributed by atoms with Crippen LogP contribution in [-0.4, -0.2) is 54.1 Å². The number of likely N-dealkylation sites (tertiary alicyclic amines) is 1. The van der Waals surface area contributed by atoms with Crippen LogP contribution in [0.4, 0.5) is 4.39 Å². The summed E-state index contributed by atoms with van der Waals surface area (Å²) < 4.78 is 18.6. The highest BCUT2D eigenvalue weighted by atomic mass is 19.1. The second kappa shape index (κ2) is 5.41. The van der Waals surface area contributed by atoms with E-state index < -0.39 is 6.10 Å². The Kier molecular flexibility index (Phi) is 3.77. The Bertz CT molecular complexity index is 472. The molecule has 0 aliphatic carbocycles. The summed E-state index contributed by atoms with van der Waals surface area (Å²) in [7, 11) is 0. The van der Waals surface area contributed by atoms with Crippen LogP contribution in [0.25, 0.3) is 0 Å². The first kappa shape index (κ1) is 13.9. The van der Waals surface area contributed by atoms with Gasteiger partial charge in [0.25, 0.3) is 0 Å². The monoisotopic (exact) mass is 281 g/mol. The number of halogens is 1. The van der Waals surface area contributed by atoms with Crippen LogP contribution >= 0.6 is 0 Å². The van der Waals surface area contributed by atoms with Crippen LogP contribution in [-0.2, 0) is 4.74 Å². The number of β-amino-alcohol motifs (C(OH)–C–C–N with tert-alkyl or cyclic N) is 1. The lowest BCUT2D eigenvalue weighted by Gasteiger charge is -2.43. The second-order valence-corrected chi connectivity index (χ2v) is 6.04. The Morgan fingerprint density at radius 1 is 1.40 bits per heavy atom. The Hall–Kier alpha value is -1.01. The molecule has 0 unspecified atom stereocenters. The fourth-order valence-corrected chi connectivity index (χ4v) is 3.17. The van der Waals surface area contributed by atoms with E-state index in [-0.39, 0.29) is 23.9 Å². The molecule has 2 aliphatic rings. The number of aliphatic hydroxyl groups excluding tert-OH is 2. The summed E-state index contributed by atoms with van der Waals surface area (Å²) >= 11 is 0. The standard InChI is InChI=1S/C15H20FNO3/c16-12-3-1-2-11(4-12)14-5-13(19)6-17(14)7-15(8-18)9-20-10-15/h1-4,13-14,18-19H,5-10H2/t13-,14-/m1/s1. The fraction of sp³-hybridized carbons (Fsp3) is 0.600. The van der Waals surface area contributed by atoms with Crippen LogP contribution in [0.1, 0.15) is 18.0 Å². The molecule has 0 saturated carbocycles. The number of hydrogen-bond donors (Lipinski definition) is 2. The molecule has 0 bridgehead atoms. The molecule has 2 N–H and O–H groups in total. The van der Waals surface area contributed by atoms with Crippen LogP contribution in [0.3, 0.4) is 0 Å². The van der Waals surface area contributed by atoms with Crippen molar-refractivity contribution >= 4 is 0 Å². The first-order valence-electron chi connectivity index (χ1n) is 6.98. The number of rotatable bonds is 4. The maximum absolute atomic E-state index is 13.4. The van der Waals surface area contributed by atoms with Gasteiger partial charge in [0.1, 0.15) is 5.82 Å². The summed E-state index contributed by atoms with van der Waals surface area (Å²) in [6.07, 6.45) is 0.200. The molecule has 5 heteroatoms. The lowest BCUT2D eigenvalue weighted by atomic mass is 9.86. The zero-order valence-electron chi connectivity index (χ0n) is 11.3. The van der Waals surface area contributed by atoms with Gasteiger partial charge < -0.3 is 14.9 Å². The number of nitrogens with zero attached hydrogens (tertiary/aromatic N) is 1.